The molecule has 0 saturated carbocycles. The maximum Gasteiger partial charge on any atom is 0.308 e. The Kier molecular flexibility index (Phi) is 2.31. The number of nitrogens with zero attached hydrogens (tertiary/aromatic N) is 1. The maximum atomic E-state index is 13.1. The number of halogens is 1. The second-order valence-electron chi connectivity index (χ2n) is 4.90. The number of carboxylic acid groups (broad SMARTS) is 1. The number of carboxylic acids is 1. The Morgan fingerprint density at radius 3 is 3.00 bits per heavy atom. The van der Waals surface area contributed by atoms with Gasteiger partial charge in [0.2, 0.25) is 0 Å². The van der Waals surface area contributed by atoms with E-state index in [9.17, 15) is 9.18 Å². The Bertz CT molecular complexity index is 474. The van der Waals surface area contributed by atoms with Crippen LogP contribution in [0.15, 0.2) is 18.2 Å². The van der Waals surface area contributed by atoms with Crippen LogP contribution >= 0.6 is 0 Å². The SMILES string of the molecule is O=C(O)C1CCC2Cc3cc(F)ccc3N2C1. The number of hydrogen-bond acceptors (Lipinski definition) is 2. The summed E-state index contributed by atoms with van der Waals surface area (Å²) in [6, 6.07) is 5.16. The van der Waals surface area contributed by atoms with Gasteiger partial charge in [-0.3, -0.25) is 4.79 Å². The Labute approximate surface area is 98.9 Å². The third kappa shape index (κ3) is 1.68. The van der Waals surface area contributed by atoms with Crippen molar-refractivity contribution in [3.05, 3.63) is 29.6 Å². The zero-order valence-corrected chi connectivity index (χ0v) is 9.40. The highest BCUT2D eigenvalue weighted by molar-refractivity contribution is 5.72. The minimum absolute atomic E-state index is 0.210. The highest BCUT2D eigenvalue weighted by atomic mass is 19.1. The molecule has 0 amide bonds. The average molecular weight is 235 g/mol. The largest absolute Gasteiger partial charge is 0.481 e. The number of fused-ring (bicyclic) bond motifs is 3. The van der Waals surface area contributed by atoms with E-state index < -0.39 is 5.97 Å². The zero-order chi connectivity index (χ0) is 12.0. The van der Waals surface area contributed by atoms with Crippen molar-refractivity contribution in [3.8, 4) is 0 Å². The molecule has 0 radical (unpaired) electrons. The smallest absolute Gasteiger partial charge is 0.308 e. The molecule has 4 heteroatoms. The Morgan fingerprint density at radius 2 is 2.24 bits per heavy atom. The van der Waals surface area contributed by atoms with Crippen molar-refractivity contribution in [1.29, 1.82) is 0 Å². The molecular formula is C13H14FNO2. The molecule has 90 valence electrons. The van der Waals surface area contributed by atoms with Crippen LogP contribution in [-0.4, -0.2) is 23.7 Å². The number of anilines is 1. The van der Waals surface area contributed by atoms with Crippen LogP contribution in [0.5, 0.6) is 0 Å². The van der Waals surface area contributed by atoms with Gasteiger partial charge in [-0.25, -0.2) is 4.39 Å². The van der Waals surface area contributed by atoms with Gasteiger partial charge in [-0.2, -0.15) is 0 Å². The summed E-state index contributed by atoms with van der Waals surface area (Å²) in [6.07, 6.45) is 2.46. The second kappa shape index (κ2) is 3.72. The molecule has 3 nitrogen and oxygen atoms in total. The first kappa shape index (κ1) is 10.6. The molecule has 2 heterocycles. The minimum atomic E-state index is -0.723. The van der Waals surface area contributed by atoms with Crippen LogP contribution in [0.25, 0.3) is 0 Å². The monoisotopic (exact) mass is 235 g/mol. The van der Waals surface area contributed by atoms with E-state index in [-0.39, 0.29) is 11.7 Å². The minimum Gasteiger partial charge on any atom is -0.481 e. The zero-order valence-electron chi connectivity index (χ0n) is 9.40. The molecule has 1 saturated heterocycles. The first-order chi connectivity index (χ1) is 8.15. The molecule has 2 aliphatic heterocycles. The van der Waals surface area contributed by atoms with Gasteiger partial charge in [-0.05, 0) is 43.0 Å². The third-order valence-electron chi connectivity index (χ3n) is 3.86. The number of hydrogen-bond donors (Lipinski definition) is 1. The summed E-state index contributed by atoms with van der Waals surface area (Å²) in [7, 11) is 0. The van der Waals surface area contributed by atoms with Crippen molar-refractivity contribution in [2.45, 2.75) is 25.3 Å². The number of benzene rings is 1. The number of rotatable bonds is 1. The van der Waals surface area contributed by atoms with Crippen molar-refractivity contribution in [2.75, 3.05) is 11.4 Å². The summed E-state index contributed by atoms with van der Waals surface area (Å²) in [5.41, 5.74) is 2.03. The number of aliphatic carboxylic acids is 1. The van der Waals surface area contributed by atoms with Gasteiger partial charge in [-0.1, -0.05) is 0 Å². The lowest BCUT2D eigenvalue weighted by Crippen LogP contribution is -2.43. The van der Waals surface area contributed by atoms with Crippen LogP contribution in [0.1, 0.15) is 18.4 Å². The van der Waals surface area contributed by atoms with Crippen LogP contribution in [0, 0.1) is 11.7 Å². The lowest BCUT2D eigenvalue weighted by atomic mass is 9.93. The third-order valence-corrected chi connectivity index (χ3v) is 3.86. The molecule has 3 rings (SSSR count). The molecule has 0 bridgehead atoms. The van der Waals surface area contributed by atoms with Crippen LogP contribution in [0.2, 0.25) is 0 Å². The number of piperidine rings is 1. The predicted octanol–water partition coefficient (Wildman–Crippen LogP) is 2.05. The van der Waals surface area contributed by atoms with E-state index in [1.807, 2.05) is 0 Å². The lowest BCUT2D eigenvalue weighted by Gasteiger charge is -2.35. The van der Waals surface area contributed by atoms with E-state index in [0.29, 0.717) is 12.6 Å². The summed E-state index contributed by atoms with van der Waals surface area (Å²) in [4.78, 5) is 13.2. The highest BCUT2D eigenvalue weighted by Crippen LogP contribution is 2.38. The van der Waals surface area contributed by atoms with Gasteiger partial charge >= 0.3 is 5.97 Å². The normalized spacial score (nSPS) is 26.5. The fourth-order valence-corrected chi connectivity index (χ4v) is 2.99. The van der Waals surface area contributed by atoms with Gasteiger partial charge in [0.25, 0.3) is 0 Å². The van der Waals surface area contributed by atoms with Crippen molar-refractivity contribution in [3.63, 3.8) is 0 Å². The van der Waals surface area contributed by atoms with E-state index in [0.717, 1.165) is 30.5 Å². The summed E-state index contributed by atoms with van der Waals surface area (Å²) in [5.74, 6) is -1.22. The first-order valence-corrected chi connectivity index (χ1v) is 5.93. The van der Waals surface area contributed by atoms with Crippen molar-refractivity contribution >= 4 is 11.7 Å². The quantitative estimate of drug-likeness (QED) is 0.810. The van der Waals surface area contributed by atoms with E-state index in [1.165, 1.54) is 6.07 Å². The van der Waals surface area contributed by atoms with Crippen molar-refractivity contribution < 1.29 is 14.3 Å². The molecule has 0 aliphatic carbocycles. The molecule has 1 fully saturated rings. The van der Waals surface area contributed by atoms with Gasteiger partial charge in [0, 0.05) is 18.3 Å². The van der Waals surface area contributed by atoms with Gasteiger partial charge in [-0.15, -0.1) is 0 Å². The van der Waals surface area contributed by atoms with E-state index in [2.05, 4.69) is 4.90 Å². The molecule has 1 aromatic carbocycles. The molecular weight excluding hydrogens is 221 g/mol. The van der Waals surface area contributed by atoms with Gasteiger partial charge < -0.3 is 10.0 Å². The topological polar surface area (TPSA) is 40.5 Å². The standard InChI is InChI=1S/C13H14FNO2/c14-10-2-4-12-9(5-10)6-11-3-1-8(13(16)17)7-15(11)12/h2,4-5,8,11H,1,3,6-7H2,(H,16,17). The Hall–Kier alpha value is -1.58. The fraction of sp³-hybridized carbons (Fsp3) is 0.462. The van der Waals surface area contributed by atoms with Crippen LogP contribution < -0.4 is 4.90 Å². The summed E-state index contributed by atoms with van der Waals surface area (Å²) in [6.45, 7) is 0.554. The van der Waals surface area contributed by atoms with Crippen LogP contribution in [0.3, 0.4) is 0 Å². The average Bonchev–Trinajstić information content (AvgIpc) is 2.64. The van der Waals surface area contributed by atoms with Crippen LogP contribution in [-0.2, 0) is 11.2 Å². The van der Waals surface area contributed by atoms with E-state index in [4.69, 9.17) is 5.11 Å². The first-order valence-electron chi connectivity index (χ1n) is 5.93. The molecule has 0 aromatic heterocycles. The second-order valence-corrected chi connectivity index (χ2v) is 4.90. The molecule has 1 aromatic rings. The molecule has 1 N–H and O–H groups in total. The highest BCUT2D eigenvalue weighted by Gasteiger charge is 2.37. The molecule has 2 atom stereocenters. The van der Waals surface area contributed by atoms with Crippen molar-refractivity contribution in [1.82, 2.24) is 0 Å². The van der Waals surface area contributed by atoms with E-state index >= 15 is 0 Å². The fourth-order valence-electron chi connectivity index (χ4n) is 2.99. The lowest BCUT2D eigenvalue weighted by molar-refractivity contribution is -0.142. The summed E-state index contributed by atoms with van der Waals surface area (Å²) in [5, 5.41) is 9.06. The van der Waals surface area contributed by atoms with Gasteiger partial charge in [0.05, 0.1) is 5.92 Å². The van der Waals surface area contributed by atoms with Crippen LogP contribution in [0.4, 0.5) is 10.1 Å². The molecule has 17 heavy (non-hydrogen) atoms. The van der Waals surface area contributed by atoms with Gasteiger partial charge in [0.15, 0.2) is 0 Å². The number of carbonyl (C=O) groups is 1. The summed E-state index contributed by atoms with van der Waals surface area (Å²) >= 11 is 0. The van der Waals surface area contributed by atoms with E-state index in [1.54, 1.807) is 12.1 Å². The Morgan fingerprint density at radius 1 is 1.41 bits per heavy atom. The maximum absolute atomic E-state index is 13.1. The molecule has 2 unspecified atom stereocenters. The molecule has 2 aliphatic rings. The predicted molar refractivity (Wildman–Crippen MR) is 61.6 cm³/mol. The Balaban J connectivity index is 1.90. The van der Waals surface area contributed by atoms with Crippen molar-refractivity contribution in [2.24, 2.45) is 5.92 Å². The molecule has 0 spiro atoms. The van der Waals surface area contributed by atoms with Gasteiger partial charge in [0.1, 0.15) is 5.82 Å². The summed E-state index contributed by atoms with van der Waals surface area (Å²) < 4.78 is 13.1.